The van der Waals surface area contributed by atoms with Crippen LogP contribution in [0.1, 0.15) is 29.8 Å². The Hall–Kier alpha value is -2.60. The van der Waals surface area contributed by atoms with E-state index in [0.717, 1.165) is 15.8 Å². The van der Waals surface area contributed by atoms with Gasteiger partial charge in [0.1, 0.15) is 11.6 Å². The summed E-state index contributed by atoms with van der Waals surface area (Å²) in [5.74, 6) is 1.21. The number of ether oxygens (including phenoxy) is 1. The molecule has 0 unspecified atom stereocenters. The van der Waals surface area contributed by atoms with Crippen LogP contribution in [0.25, 0.3) is 0 Å². The van der Waals surface area contributed by atoms with Gasteiger partial charge in [-0.3, -0.25) is 4.79 Å². The van der Waals surface area contributed by atoms with Gasteiger partial charge in [0.05, 0.1) is 18.8 Å². The monoisotopic (exact) mass is 413 g/mol. The van der Waals surface area contributed by atoms with Gasteiger partial charge in [-0.25, -0.2) is 4.68 Å². The summed E-state index contributed by atoms with van der Waals surface area (Å²) >= 11 is 3.54. The first-order valence-electron chi connectivity index (χ1n) is 8.36. The number of hydrogen-bond acceptors (Lipinski definition) is 3. The Balaban J connectivity index is 1.70. The second kappa shape index (κ2) is 8.19. The second-order valence-corrected chi connectivity index (χ2v) is 6.96. The van der Waals surface area contributed by atoms with Crippen molar-refractivity contribution in [2.75, 3.05) is 5.32 Å². The number of nitrogens with zero attached hydrogens (tertiary/aromatic N) is 2. The Labute approximate surface area is 161 Å². The van der Waals surface area contributed by atoms with Gasteiger partial charge in [0, 0.05) is 16.1 Å². The molecule has 0 spiro atoms. The minimum Gasteiger partial charge on any atom is -0.491 e. The van der Waals surface area contributed by atoms with Gasteiger partial charge in [0.15, 0.2) is 0 Å². The number of amides is 1. The number of benzene rings is 2. The minimum atomic E-state index is -0.185. The van der Waals surface area contributed by atoms with Gasteiger partial charge in [-0.1, -0.05) is 34.1 Å². The van der Waals surface area contributed by atoms with Crippen LogP contribution in [-0.4, -0.2) is 21.8 Å². The van der Waals surface area contributed by atoms with Crippen molar-refractivity contribution in [2.45, 2.75) is 26.5 Å². The van der Waals surface area contributed by atoms with Crippen LogP contribution in [0.15, 0.2) is 65.3 Å². The summed E-state index contributed by atoms with van der Waals surface area (Å²) in [6.07, 6.45) is 1.77. The zero-order valence-corrected chi connectivity index (χ0v) is 16.2. The predicted octanol–water partition coefficient (Wildman–Crippen LogP) is 4.73. The van der Waals surface area contributed by atoms with E-state index in [0.29, 0.717) is 17.9 Å². The molecular formula is C20H20BrN3O2. The molecule has 0 aliphatic rings. The average Bonchev–Trinajstić information content (AvgIpc) is 3.04. The van der Waals surface area contributed by atoms with Gasteiger partial charge < -0.3 is 10.1 Å². The molecule has 3 aromatic rings. The van der Waals surface area contributed by atoms with E-state index in [1.165, 1.54) is 0 Å². The van der Waals surface area contributed by atoms with Crippen LogP contribution in [-0.2, 0) is 6.54 Å². The number of carbonyl (C=O) groups excluding carboxylic acids is 1. The highest BCUT2D eigenvalue weighted by atomic mass is 79.9. The highest BCUT2D eigenvalue weighted by molar-refractivity contribution is 9.10. The maximum absolute atomic E-state index is 12.5. The molecule has 6 heteroatoms. The molecule has 3 rings (SSSR count). The van der Waals surface area contributed by atoms with Gasteiger partial charge >= 0.3 is 0 Å². The van der Waals surface area contributed by atoms with Crippen LogP contribution in [0, 0.1) is 0 Å². The quantitative estimate of drug-likeness (QED) is 0.634. The SMILES string of the molecule is CC(C)Oc1ccc(C(=O)Nc2ccnn2Cc2ccccc2Br)cc1. The maximum Gasteiger partial charge on any atom is 0.256 e. The molecule has 0 aliphatic carbocycles. The molecule has 0 fully saturated rings. The largest absolute Gasteiger partial charge is 0.491 e. The van der Waals surface area contributed by atoms with Gasteiger partial charge in [-0.2, -0.15) is 5.10 Å². The lowest BCUT2D eigenvalue weighted by Gasteiger charge is -2.11. The van der Waals surface area contributed by atoms with E-state index in [2.05, 4.69) is 26.3 Å². The topological polar surface area (TPSA) is 56.1 Å². The number of aromatic nitrogens is 2. The molecule has 1 heterocycles. The molecule has 1 N–H and O–H groups in total. The molecule has 0 aliphatic heterocycles. The number of rotatable bonds is 6. The first-order chi connectivity index (χ1) is 12.5. The summed E-state index contributed by atoms with van der Waals surface area (Å²) < 4.78 is 8.37. The Kier molecular flexibility index (Phi) is 5.73. The molecule has 0 bridgehead atoms. The first-order valence-corrected chi connectivity index (χ1v) is 9.15. The zero-order chi connectivity index (χ0) is 18.5. The Morgan fingerprint density at radius 2 is 1.88 bits per heavy atom. The van der Waals surface area contributed by atoms with Gasteiger partial charge in [0.25, 0.3) is 5.91 Å². The molecule has 0 atom stereocenters. The lowest BCUT2D eigenvalue weighted by molar-refractivity contribution is 0.102. The predicted molar refractivity (Wildman–Crippen MR) is 106 cm³/mol. The molecule has 0 saturated heterocycles. The third kappa shape index (κ3) is 4.52. The fourth-order valence-electron chi connectivity index (χ4n) is 2.50. The summed E-state index contributed by atoms with van der Waals surface area (Å²) in [6.45, 7) is 4.49. The van der Waals surface area contributed by atoms with E-state index >= 15 is 0 Å². The Morgan fingerprint density at radius 3 is 2.58 bits per heavy atom. The molecule has 2 aromatic carbocycles. The van der Waals surface area contributed by atoms with Gasteiger partial charge in [-0.05, 0) is 49.7 Å². The molecule has 0 radical (unpaired) electrons. The van der Waals surface area contributed by atoms with Crippen molar-refractivity contribution in [1.82, 2.24) is 9.78 Å². The summed E-state index contributed by atoms with van der Waals surface area (Å²) in [5, 5.41) is 7.22. The Bertz CT molecular complexity index is 888. The number of halogens is 1. The van der Waals surface area contributed by atoms with E-state index in [1.54, 1.807) is 41.2 Å². The number of anilines is 1. The second-order valence-electron chi connectivity index (χ2n) is 6.11. The average molecular weight is 414 g/mol. The van der Waals surface area contributed by atoms with Crippen molar-refractivity contribution in [3.05, 3.63) is 76.4 Å². The van der Waals surface area contributed by atoms with E-state index in [1.807, 2.05) is 38.1 Å². The summed E-state index contributed by atoms with van der Waals surface area (Å²) in [6, 6.07) is 16.8. The summed E-state index contributed by atoms with van der Waals surface area (Å²) in [5.41, 5.74) is 1.65. The zero-order valence-electron chi connectivity index (χ0n) is 14.6. The van der Waals surface area contributed by atoms with Crippen LogP contribution in [0.4, 0.5) is 5.82 Å². The molecule has 1 amide bonds. The maximum atomic E-state index is 12.5. The van der Waals surface area contributed by atoms with E-state index in [-0.39, 0.29) is 12.0 Å². The summed E-state index contributed by atoms with van der Waals surface area (Å²) in [7, 11) is 0. The number of carbonyl (C=O) groups is 1. The minimum absolute atomic E-state index is 0.0985. The third-order valence-electron chi connectivity index (χ3n) is 3.72. The first kappa shape index (κ1) is 18.2. The van der Waals surface area contributed by atoms with Gasteiger partial charge in [-0.15, -0.1) is 0 Å². The van der Waals surface area contributed by atoms with Crippen molar-refractivity contribution in [1.29, 1.82) is 0 Å². The molecule has 5 nitrogen and oxygen atoms in total. The van der Waals surface area contributed by atoms with Crippen molar-refractivity contribution >= 4 is 27.7 Å². The molecule has 134 valence electrons. The van der Waals surface area contributed by atoms with Crippen molar-refractivity contribution in [3.63, 3.8) is 0 Å². The smallest absolute Gasteiger partial charge is 0.256 e. The third-order valence-corrected chi connectivity index (χ3v) is 4.50. The normalized spacial score (nSPS) is 10.8. The Morgan fingerprint density at radius 1 is 1.15 bits per heavy atom. The van der Waals surface area contributed by atoms with Crippen molar-refractivity contribution in [2.24, 2.45) is 0 Å². The van der Waals surface area contributed by atoms with E-state index in [9.17, 15) is 4.79 Å². The van der Waals surface area contributed by atoms with Crippen LogP contribution in [0.2, 0.25) is 0 Å². The van der Waals surface area contributed by atoms with Crippen molar-refractivity contribution in [3.8, 4) is 5.75 Å². The lowest BCUT2D eigenvalue weighted by atomic mass is 10.2. The number of hydrogen-bond donors (Lipinski definition) is 1. The van der Waals surface area contributed by atoms with Crippen LogP contribution in [0.5, 0.6) is 5.75 Å². The van der Waals surface area contributed by atoms with Crippen LogP contribution >= 0.6 is 15.9 Å². The number of nitrogens with one attached hydrogen (secondary N) is 1. The van der Waals surface area contributed by atoms with Crippen LogP contribution < -0.4 is 10.1 Å². The fourth-order valence-corrected chi connectivity index (χ4v) is 2.91. The highest BCUT2D eigenvalue weighted by Gasteiger charge is 2.11. The van der Waals surface area contributed by atoms with Gasteiger partial charge in [0.2, 0.25) is 0 Å². The lowest BCUT2D eigenvalue weighted by Crippen LogP contribution is -2.16. The molecule has 26 heavy (non-hydrogen) atoms. The van der Waals surface area contributed by atoms with E-state index in [4.69, 9.17) is 4.74 Å². The molecule has 1 aromatic heterocycles. The fraction of sp³-hybridized carbons (Fsp3) is 0.200. The highest BCUT2D eigenvalue weighted by Crippen LogP contribution is 2.19. The standard InChI is InChI=1S/C20H20BrN3O2/c1-14(2)26-17-9-7-15(8-10-17)20(25)23-19-11-12-22-24(19)13-16-5-3-4-6-18(16)21/h3-12,14H,13H2,1-2H3,(H,23,25). The molecular weight excluding hydrogens is 394 g/mol. The molecule has 0 saturated carbocycles. The summed E-state index contributed by atoms with van der Waals surface area (Å²) in [4.78, 5) is 12.5. The van der Waals surface area contributed by atoms with E-state index < -0.39 is 0 Å². The van der Waals surface area contributed by atoms with Crippen molar-refractivity contribution < 1.29 is 9.53 Å². The van der Waals surface area contributed by atoms with Crippen LogP contribution in [0.3, 0.4) is 0 Å².